The molecule has 1 fully saturated rings. The van der Waals surface area contributed by atoms with Gasteiger partial charge in [-0.2, -0.15) is 4.25 Å². The molecule has 1 atom stereocenters. The summed E-state index contributed by atoms with van der Waals surface area (Å²) >= 11 is 0. The highest BCUT2D eigenvalue weighted by atomic mass is 31.2. The van der Waals surface area contributed by atoms with Crippen LogP contribution < -0.4 is 10.4 Å². The maximum absolute atomic E-state index is 10.8. The van der Waals surface area contributed by atoms with Crippen molar-refractivity contribution in [2.75, 3.05) is 19.8 Å². The first-order valence-corrected chi connectivity index (χ1v) is 4.82. The van der Waals surface area contributed by atoms with Crippen molar-refractivity contribution >= 4 is 13.8 Å². The number of hydrogen-bond donors (Lipinski definition) is 3. The van der Waals surface area contributed by atoms with E-state index in [4.69, 9.17) is 9.79 Å². The van der Waals surface area contributed by atoms with Crippen LogP contribution in [0.25, 0.3) is 0 Å². The highest BCUT2D eigenvalue weighted by molar-refractivity contribution is 7.45. The van der Waals surface area contributed by atoms with Gasteiger partial charge in [0, 0.05) is 0 Å². The quantitative estimate of drug-likeness (QED) is 0.410. The van der Waals surface area contributed by atoms with E-state index in [1.54, 1.807) is 0 Å². The molecule has 1 unspecified atom stereocenters. The molecule has 1 saturated heterocycles. The standard InChI is InChI=1S/C4H9N2O5P/c7-4(8)6(12(9,10)11)2-1-5-3-6/h5H,1-3H2,(H2-,7,8,9,10,11). The molecule has 0 bridgehead atoms. The van der Waals surface area contributed by atoms with Crippen molar-refractivity contribution in [3.8, 4) is 0 Å². The monoisotopic (exact) mass is 196 g/mol. The first-order valence-electron chi connectivity index (χ1n) is 3.25. The molecule has 1 amide bonds. The Balaban J connectivity index is 3.03. The fourth-order valence-electron chi connectivity index (χ4n) is 1.09. The van der Waals surface area contributed by atoms with E-state index in [9.17, 15) is 14.5 Å². The molecule has 0 aromatic rings. The predicted molar refractivity (Wildman–Crippen MR) is 35.4 cm³/mol. The van der Waals surface area contributed by atoms with Crippen molar-refractivity contribution in [1.29, 1.82) is 0 Å². The minimum Gasteiger partial charge on any atom is -0.498 e. The van der Waals surface area contributed by atoms with Crippen molar-refractivity contribution in [3.05, 3.63) is 0 Å². The van der Waals surface area contributed by atoms with Crippen LogP contribution in [0.5, 0.6) is 0 Å². The summed E-state index contributed by atoms with van der Waals surface area (Å²) in [5.74, 6) is 0. The van der Waals surface area contributed by atoms with Gasteiger partial charge < -0.3 is 9.90 Å². The van der Waals surface area contributed by atoms with Crippen molar-refractivity contribution in [3.63, 3.8) is 0 Å². The van der Waals surface area contributed by atoms with E-state index in [0.29, 0.717) is 0 Å². The van der Waals surface area contributed by atoms with Crippen LogP contribution in [0.3, 0.4) is 0 Å². The zero-order valence-electron chi connectivity index (χ0n) is 6.13. The van der Waals surface area contributed by atoms with Crippen molar-refractivity contribution < 1.29 is 28.5 Å². The zero-order chi connectivity index (χ0) is 9.41. The summed E-state index contributed by atoms with van der Waals surface area (Å²) < 4.78 is 9.49. The smallest absolute Gasteiger partial charge is 0.498 e. The second-order valence-corrected chi connectivity index (χ2v) is 4.38. The second-order valence-electron chi connectivity index (χ2n) is 2.58. The third-order valence-electron chi connectivity index (χ3n) is 1.87. The fourth-order valence-corrected chi connectivity index (χ4v) is 1.95. The van der Waals surface area contributed by atoms with Crippen LogP contribution >= 0.6 is 7.75 Å². The molecule has 1 aliphatic heterocycles. The van der Waals surface area contributed by atoms with Crippen LogP contribution in [0.2, 0.25) is 0 Å². The van der Waals surface area contributed by atoms with Gasteiger partial charge in [0.15, 0.2) is 0 Å². The Labute approximate surface area is 68.4 Å². The van der Waals surface area contributed by atoms with Gasteiger partial charge in [0.25, 0.3) is 6.09 Å². The van der Waals surface area contributed by atoms with Gasteiger partial charge in [-0.1, -0.05) is 0 Å². The van der Waals surface area contributed by atoms with Gasteiger partial charge in [-0.25, -0.2) is 4.57 Å². The minimum atomic E-state index is -4.69. The Morgan fingerprint density at radius 1 is 1.58 bits per heavy atom. The second kappa shape index (κ2) is 2.79. The van der Waals surface area contributed by atoms with Crippen LogP contribution in [0, 0.1) is 0 Å². The molecule has 8 heteroatoms. The molecule has 7 nitrogen and oxygen atoms in total. The third-order valence-corrected chi connectivity index (χ3v) is 3.37. The van der Waals surface area contributed by atoms with Crippen LogP contribution in [0.1, 0.15) is 0 Å². The van der Waals surface area contributed by atoms with E-state index in [-0.39, 0.29) is 19.8 Å². The lowest BCUT2D eigenvalue weighted by Crippen LogP contribution is -2.54. The van der Waals surface area contributed by atoms with Crippen LogP contribution in [-0.4, -0.2) is 39.9 Å². The highest BCUT2D eigenvalue weighted by Gasteiger charge is 2.50. The maximum atomic E-state index is 10.8. The zero-order valence-corrected chi connectivity index (χ0v) is 7.03. The van der Waals surface area contributed by atoms with E-state index >= 15 is 0 Å². The number of rotatable bonds is 1. The van der Waals surface area contributed by atoms with Gasteiger partial charge in [-0.3, -0.25) is 15.1 Å². The van der Waals surface area contributed by atoms with Crippen molar-refractivity contribution in [2.45, 2.75) is 0 Å². The molecule has 1 heterocycles. The maximum Gasteiger partial charge on any atom is 0.533 e. The van der Waals surface area contributed by atoms with E-state index in [1.807, 2.05) is 0 Å². The largest absolute Gasteiger partial charge is 0.533 e. The number of quaternary nitrogens is 1. The summed E-state index contributed by atoms with van der Waals surface area (Å²) in [6.07, 6.45) is -1.74. The van der Waals surface area contributed by atoms with Crippen LogP contribution in [-0.2, 0) is 4.57 Å². The Bertz CT molecular complexity index is 242. The van der Waals surface area contributed by atoms with Gasteiger partial charge in [0.05, 0.1) is 6.54 Å². The number of nitrogens with one attached hydrogen (secondary N) is 1. The molecular formula is C4H9N2O5P. The van der Waals surface area contributed by atoms with Gasteiger partial charge in [-0.15, -0.1) is 0 Å². The Morgan fingerprint density at radius 2 is 2.17 bits per heavy atom. The molecule has 0 aromatic carbocycles. The highest BCUT2D eigenvalue weighted by Crippen LogP contribution is 2.48. The molecule has 12 heavy (non-hydrogen) atoms. The molecule has 1 rings (SSSR count). The Hall–Kier alpha value is -0.460. The molecule has 0 radical (unpaired) electrons. The van der Waals surface area contributed by atoms with E-state index < -0.39 is 18.1 Å². The topological polar surface area (TPSA) is 110 Å². The molecule has 0 aromatic heterocycles. The first kappa shape index (κ1) is 9.63. The number of amides is 1. The van der Waals surface area contributed by atoms with Gasteiger partial charge in [0.1, 0.15) is 13.2 Å². The van der Waals surface area contributed by atoms with E-state index in [2.05, 4.69) is 5.32 Å². The number of carboxylic acid groups (broad SMARTS) is 1. The molecule has 70 valence electrons. The Morgan fingerprint density at radius 3 is 2.33 bits per heavy atom. The number of nitrogens with zero attached hydrogens (tertiary/aromatic N) is 1. The number of hydrogen-bond acceptors (Lipinski definition) is 4. The van der Waals surface area contributed by atoms with Gasteiger partial charge in [-0.05, 0) is 0 Å². The number of carbonyl (C=O) groups excluding carboxylic acids is 1. The fraction of sp³-hybridized carbons (Fsp3) is 0.750. The molecular weight excluding hydrogens is 187 g/mol. The van der Waals surface area contributed by atoms with Crippen LogP contribution in [0.4, 0.5) is 4.79 Å². The molecule has 0 spiro atoms. The lowest BCUT2D eigenvalue weighted by Gasteiger charge is -2.31. The summed E-state index contributed by atoms with van der Waals surface area (Å²) in [6.45, 7) is -0.168. The summed E-state index contributed by atoms with van der Waals surface area (Å²) in [6, 6.07) is 0. The average molecular weight is 196 g/mol. The summed E-state index contributed by atoms with van der Waals surface area (Å²) in [4.78, 5) is 28.0. The van der Waals surface area contributed by atoms with Gasteiger partial charge in [0.2, 0.25) is 0 Å². The molecule has 0 saturated carbocycles. The lowest BCUT2D eigenvalue weighted by molar-refractivity contribution is -0.762. The lowest BCUT2D eigenvalue weighted by atomic mass is 10.6. The van der Waals surface area contributed by atoms with E-state index in [1.165, 1.54) is 0 Å². The third kappa shape index (κ3) is 1.26. The molecule has 1 aliphatic rings. The van der Waals surface area contributed by atoms with Crippen LogP contribution in [0.15, 0.2) is 0 Å². The van der Waals surface area contributed by atoms with Crippen molar-refractivity contribution in [1.82, 2.24) is 5.32 Å². The number of carbonyl (C=O) groups is 1. The summed E-state index contributed by atoms with van der Waals surface area (Å²) in [5.41, 5.74) is 0. The summed E-state index contributed by atoms with van der Waals surface area (Å²) in [7, 11) is -4.69. The normalized spacial score (nSPS) is 30.5. The predicted octanol–water partition coefficient (Wildman–Crippen LogP) is -2.20. The van der Waals surface area contributed by atoms with Crippen molar-refractivity contribution in [2.24, 2.45) is 0 Å². The first-order chi connectivity index (χ1) is 5.40. The SMILES string of the molecule is O=C([O-])[N+]1(P(=O)(O)O)CCNC1. The van der Waals surface area contributed by atoms with Gasteiger partial charge >= 0.3 is 7.75 Å². The van der Waals surface area contributed by atoms with E-state index in [0.717, 1.165) is 0 Å². The average Bonchev–Trinajstić information content (AvgIpc) is 2.31. The summed E-state index contributed by atoms with van der Waals surface area (Å²) in [5, 5.41) is 13.1. The minimum absolute atomic E-state index is 0.146. The Kier molecular flexibility index (Phi) is 2.24. The molecule has 3 N–H and O–H groups in total. The molecule has 0 aliphatic carbocycles.